The predicted molar refractivity (Wildman–Crippen MR) is 30.9 cm³/mol. The molecule has 0 aromatic carbocycles. The van der Waals surface area contributed by atoms with Crippen LogP contribution >= 0.6 is 0 Å². The van der Waals surface area contributed by atoms with E-state index in [1.165, 1.54) is 0 Å². The van der Waals surface area contributed by atoms with Gasteiger partial charge < -0.3 is 10.5 Å². The van der Waals surface area contributed by atoms with Gasteiger partial charge in [0.2, 0.25) is 0 Å². The lowest BCUT2D eigenvalue weighted by Crippen LogP contribution is -2.29. The van der Waals surface area contributed by atoms with Crippen molar-refractivity contribution in [1.29, 1.82) is 0 Å². The van der Waals surface area contributed by atoms with Gasteiger partial charge in [-0.25, -0.2) is 0 Å². The summed E-state index contributed by atoms with van der Waals surface area (Å²) in [6, 6.07) is -0.132. The summed E-state index contributed by atoms with van der Waals surface area (Å²) >= 11 is 0. The topological polar surface area (TPSA) is 55.4 Å². The standard InChI is InChI=1S/C5H8N2O/c6-5-2-7-1-4(5)3-8/h2-5H,1,6H2. The molecule has 0 amide bonds. The zero-order valence-corrected chi connectivity index (χ0v) is 4.45. The van der Waals surface area contributed by atoms with Gasteiger partial charge in [-0.2, -0.15) is 0 Å². The van der Waals surface area contributed by atoms with E-state index in [4.69, 9.17) is 5.73 Å². The molecule has 1 heterocycles. The van der Waals surface area contributed by atoms with E-state index in [2.05, 4.69) is 4.99 Å². The highest BCUT2D eigenvalue weighted by molar-refractivity contribution is 5.74. The normalized spacial score (nSPS) is 35.6. The number of nitrogens with two attached hydrogens (primary N) is 1. The number of carbonyl (C=O) groups excluding carboxylic acids is 1. The first kappa shape index (κ1) is 5.44. The number of hydrogen-bond donors (Lipinski definition) is 1. The fourth-order valence-electron chi connectivity index (χ4n) is 0.670. The number of aliphatic imine (C=N–C) groups is 1. The molecule has 2 atom stereocenters. The maximum atomic E-state index is 10.1. The van der Waals surface area contributed by atoms with E-state index in [1.807, 2.05) is 0 Å². The second-order valence-corrected chi connectivity index (χ2v) is 1.89. The minimum atomic E-state index is -0.132. The average molecular weight is 112 g/mol. The van der Waals surface area contributed by atoms with Crippen LogP contribution in [0.25, 0.3) is 0 Å². The van der Waals surface area contributed by atoms with Crippen LogP contribution in [0.5, 0.6) is 0 Å². The maximum Gasteiger partial charge on any atom is 0.126 e. The van der Waals surface area contributed by atoms with Gasteiger partial charge in [0.1, 0.15) is 6.29 Å². The monoisotopic (exact) mass is 112 g/mol. The van der Waals surface area contributed by atoms with Crippen molar-refractivity contribution in [3.05, 3.63) is 0 Å². The molecule has 0 aromatic rings. The molecule has 0 saturated carbocycles. The Labute approximate surface area is 47.6 Å². The molecule has 8 heavy (non-hydrogen) atoms. The molecule has 2 N–H and O–H groups in total. The first-order chi connectivity index (χ1) is 3.84. The lowest BCUT2D eigenvalue weighted by molar-refractivity contribution is -0.110. The number of hydrogen-bond acceptors (Lipinski definition) is 3. The van der Waals surface area contributed by atoms with Gasteiger partial charge in [-0.15, -0.1) is 0 Å². The third-order valence-corrected chi connectivity index (χ3v) is 1.26. The third-order valence-electron chi connectivity index (χ3n) is 1.26. The Balaban J connectivity index is 2.50. The second-order valence-electron chi connectivity index (χ2n) is 1.89. The van der Waals surface area contributed by atoms with Crippen molar-refractivity contribution in [2.75, 3.05) is 6.54 Å². The Bertz CT molecular complexity index is 122. The van der Waals surface area contributed by atoms with Crippen LogP contribution in [0.4, 0.5) is 0 Å². The van der Waals surface area contributed by atoms with E-state index in [0.29, 0.717) is 6.54 Å². The molecule has 0 fully saturated rings. The summed E-state index contributed by atoms with van der Waals surface area (Å²) in [6.07, 6.45) is 2.48. The van der Waals surface area contributed by atoms with Gasteiger partial charge in [0.25, 0.3) is 0 Å². The van der Waals surface area contributed by atoms with Crippen molar-refractivity contribution in [1.82, 2.24) is 0 Å². The molecule has 0 radical (unpaired) electrons. The molecule has 3 nitrogen and oxygen atoms in total. The van der Waals surface area contributed by atoms with E-state index in [1.54, 1.807) is 6.21 Å². The summed E-state index contributed by atoms with van der Waals surface area (Å²) < 4.78 is 0. The van der Waals surface area contributed by atoms with Crippen LogP contribution < -0.4 is 5.73 Å². The van der Waals surface area contributed by atoms with Crippen LogP contribution in [0, 0.1) is 5.92 Å². The number of carbonyl (C=O) groups is 1. The number of aldehydes is 1. The summed E-state index contributed by atoms with van der Waals surface area (Å²) in [7, 11) is 0. The minimum absolute atomic E-state index is 0.0602. The molecule has 2 unspecified atom stereocenters. The molecule has 0 aromatic heterocycles. The van der Waals surface area contributed by atoms with Crippen LogP contribution in [0.15, 0.2) is 4.99 Å². The molecular weight excluding hydrogens is 104 g/mol. The van der Waals surface area contributed by atoms with Crippen LogP contribution in [-0.2, 0) is 4.79 Å². The molecule has 0 saturated heterocycles. The zero-order chi connectivity index (χ0) is 5.98. The molecule has 44 valence electrons. The lowest BCUT2D eigenvalue weighted by atomic mass is 10.1. The lowest BCUT2D eigenvalue weighted by Gasteiger charge is -2.01. The van der Waals surface area contributed by atoms with Gasteiger partial charge in [0, 0.05) is 12.8 Å². The van der Waals surface area contributed by atoms with Crippen molar-refractivity contribution in [2.24, 2.45) is 16.6 Å². The molecule has 0 aliphatic carbocycles. The van der Waals surface area contributed by atoms with Gasteiger partial charge in [-0.1, -0.05) is 0 Å². The summed E-state index contributed by atoms with van der Waals surface area (Å²) in [6.45, 7) is 0.574. The maximum absolute atomic E-state index is 10.1. The van der Waals surface area contributed by atoms with Crippen molar-refractivity contribution in [3.63, 3.8) is 0 Å². The third kappa shape index (κ3) is 0.767. The van der Waals surface area contributed by atoms with Crippen molar-refractivity contribution in [2.45, 2.75) is 6.04 Å². The Morgan fingerprint density at radius 3 is 2.88 bits per heavy atom. The van der Waals surface area contributed by atoms with Crippen LogP contribution in [0.1, 0.15) is 0 Å². The number of rotatable bonds is 1. The summed E-state index contributed by atoms with van der Waals surface area (Å²) in [5, 5.41) is 0. The van der Waals surface area contributed by atoms with Gasteiger partial charge >= 0.3 is 0 Å². The molecule has 1 aliphatic rings. The second kappa shape index (κ2) is 2.05. The Hall–Kier alpha value is -0.700. The Morgan fingerprint density at radius 2 is 2.62 bits per heavy atom. The highest BCUT2D eigenvalue weighted by atomic mass is 16.1. The van der Waals surface area contributed by atoms with Crippen molar-refractivity contribution < 1.29 is 4.79 Å². The van der Waals surface area contributed by atoms with Gasteiger partial charge in [0.05, 0.1) is 12.0 Å². The molecule has 0 bridgehead atoms. The van der Waals surface area contributed by atoms with E-state index in [9.17, 15) is 4.79 Å². The van der Waals surface area contributed by atoms with E-state index in [-0.39, 0.29) is 12.0 Å². The minimum Gasteiger partial charge on any atom is -0.323 e. The Kier molecular flexibility index (Phi) is 1.39. The molecule has 1 aliphatic heterocycles. The molecular formula is C5H8N2O. The first-order valence-electron chi connectivity index (χ1n) is 2.55. The highest BCUT2D eigenvalue weighted by Crippen LogP contribution is 2.02. The quantitative estimate of drug-likeness (QED) is 0.452. The van der Waals surface area contributed by atoms with E-state index < -0.39 is 0 Å². The Morgan fingerprint density at radius 1 is 1.88 bits per heavy atom. The van der Waals surface area contributed by atoms with Crippen LogP contribution in [0.2, 0.25) is 0 Å². The van der Waals surface area contributed by atoms with E-state index >= 15 is 0 Å². The summed E-state index contributed by atoms with van der Waals surface area (Å²) in [5.74, 6) is -0.0602. The molecule has 1 rings (SSSR count). The zero-order valence-electron chi connectivity index (χ0n) is 4.45. The van der Waals surface area contributed by atoms with Crippen molar-refractivity contribution in [3.8, 4) is 0 Å². The van der Waals surface area contributed by atoms with Gasteiger partial charge in [-0.3, -0.25) is 4.99 Å². The largest absolute Gasteiger partial charge is 0.323 e. The average Bonchev–Trinajstić information content (AvgIpc) is 2.14. The SMILES string of the molecule is NC1C=NCC1C=O. The first-order valence-corrected chi connectivity index (χ1v) is 2.55. The van der Waals surface area contributed by atoms with Gasteiger partial charge in [0.15, 0.2) is 0 Å². The van der Waals surface area contributed by atoms with E-state index in [0.717, 1.165) is 6.29 Å². The summed E-state index contributed by atoms with van der Waals surface area (Å²) in [5.41, 5.74) is 5.41. The molecule has 0 spiro atoms. The smallest absolute Gasteiger partial charge is 0.126 e. The number of nitrogens with zero attached hydrogens (tertiary/aromatic N) is 1. The summed E-state index contributed by atoms with van der Waals surface area (Å²) in [4.78, 5) is 13.9. The van der Waals surface area contributed by atoms with Crippen LogP contribution in [0.3, 0.4) is 0 Å². The van der Waals surface area contributed by atoms with Crippen LogP contribution in [-0.4, -0.2) is 25.1 Å². The van der Waals surface area contributed by atoms with Crippen molar-refractivity contribution >= 4 is 12.5 Å². The highest BCUT2D eigenvalue weighted by Gasteiger charge is 2.18. The van der Waals surface area contributed by atoms with Gasteiger partial charge in [-0.05, 0) is 0 Å². The fourth-order valence-corrected chi connectivity index (χ4v) is 0.670. The predicted octanol–water partition coefficient (Wildman–Crippen LogP) is -0.787. The fraction of sp³-hybridized carbons (Fsp3) is 0.600. The molecule has 3 heteroatoms.